The molecule has 0 atom stereocenters. The first-order chi connectivity index (χ1) is 10.2. The third kappa shape index (κ3) is 2.45. The number of benzene rings is 2. The number of nitrogens with zero attached hydrogens (tertiary/aromatic N) is 1. The second kappa shape index (κ2) is 5.70. The molecule has 108 valence electrons. The van der Waals surface area contributed by atoms with Gasteiger partial charge < -0.3 is 10.2 Å². The van der Waals surface area contributed by atoms with Crippen molar-refractivity contribution in [2.45, 2.75) is 13.8 Å². The average molecular weight is 280 g/mol. The number of nitrogens with one attached hydrogen (secondary N) is 1. The van der Waals surface area contributed by atoms with E-state index in [9.17, 15) is 4.79 Å². The Hall–Kier alpha value is -2.13. The summed E-state index contributed by atoms with van der Waals surface area (Å²) in [6.07, 6.45) is 0. The largest absolute Gasteiger partial charge is 0.309 e. The van der Waals surface area contributed by atoms with E-state index in [4.69, 9.17) is 0 Å². The topological polar surface area (TPSA) is 32.3 Å². The van der Waals surface area contributed by atoms with Crippen molar-refractivity contribution >= 4 is 22.4 Å². The minimum atomic E-state index is 0.116. The summed E-state index contributed by atoms with van der Waals surface area (Å²) in [4.78, 5) is 14.7. The standard InChI is InChI=1S/C18H20N2O/c1-3-20(18(21)13(2)15-11-19-12-15)17-10-6-8-14-7-4-5-9-16(14)17/h4-10,19H,3,11-12H2,1-2H3. The van der Waals surface area contributed by atoms with Crippen LogP contribution in [-0.2, 0) is 4.79 Å². The first kappa shape index (κ1) is 13.8. The van der Waals surface area contributed by atoms with E-state index in [1.165, 1.54) is 5.57 Å². The molecular weight excluding hydrogens is 260 g/mol. The van der Waals surface area contributed by atoms with Crippen molar-refractivity contribution in [2.24, 2.45) is 0 Å². The van der Waals surface area contributed by atoms with Crippen molar-refractivity contribution in [1.82, 2.24) is 5.32 Å². The fraction of sp³-hybridized carbons (Fsp3) is 0.278. The molecule has 2 aromatic carbocycles. The minimum absolute atomic E-state index is 0.116. The number of carbonyl (C=O) groups excluding carboxylic acids is 1. The maximum atomic E-state index is 12.8. The zero-order chi connectivity index (χ0) is 14.8. The normalized spacial score (nSPS) is 13.9. The molecule has 0 bridgehead atoms. The molecule has 1 saturated heterocycles. The first-order valence-electron chi connectivity index (χ1n) is 7.41. The molecule has 1 aliphatic heterocycles. The second-order valence-corrected chi connectivity index (χ2v) is 5.38. The quantitative estimate of drug-likeness (QED) is 0.876. The van der Waals surface area contributed by atoms with Gasteiger partial charge in [-0.3, -0.25) is 4.79 Å². The summed E-state index contributed by atoms with van der Waals surface area (Å²) in [6.45, 7) is 6.31. The Kier molecular flexibility index (Phi) is 3.76. The van der Waals surface area contributed by atoms with Crippen molar-refractivity contribution in [3.05, 3.63) is 53.6 Å². The molecule has 3 rings (SSSR count). The average Bonchev–Trinajstić information content (AvgIpc) is 2.46. The number of hydrogen-bond donors (Lipinski definition) is 1. The van der Waals surface area contributed by atoms with Crippen LogP contribution in [0.4, 0.5) is 5.69 Å². The molecule has 1 amide bonds. The summed E-state index contributed by atoms with van der Waals surface area (Å²) in [7, 11) is 0. The molecule has 0 unspecified atom stereocenters. The van der Waals surface area contributed by atoms with Gasteiger partial charge in [-0.2, -0.15) is 0 Å². The maximum Gasteiger partial charge on any atom is 0.253 e. The molecule has 0 radical (unpaired) electrons. The number of anilines is 1. The second-order valence-electron chi connectivity index (χ2n) is 5.38. The van der Waals surface area contributed by atoms with Gasteiger partial charge in [0, 0.05) is 30.6 Å². The molecule has 1 heterocycles. The molecule has 1 N–H and O–H groups in total. The van der Waals surface area contributed by atoms with Gasteiger partial charge >= 0.3 is 0 Å². The lowest BCUT2D eigenvalue weighted by Crippen LogP contribution is -2.39. The number of amides is 1. The molecule has 0 aromatic heterocycles. The van der Waals surface area contributed by atoms with E-state index in [1.807, 2.05) is 43.0 Å². The van der Waals surface area contributed by atoms with Crippen LogP contribution in [0.15, 0.2) is 53.6 Å². The minimum Gasteiger partial charge on any atom is -0.309 e. The molecule has 21 heavy (non-hydrogen) atoms. The lowest BCUT2D eigenvalue weighted by atomic mass is 10.0. The third-order valence-electron chi connectivity index (χ3n) is 4.15. The van der Waals surface area contributed by atoms with Crippen LogP contribution >= 0.6 is 0 Å². The van der Waals surface area contributed by atoms with Gasteiger partial charge in [0.25, 0.3) is 5.91 Å². The van der Waals surface area contributed by atoms with Crippen molar-refractivity contribution in [1.29, 1.82) is 0 Å². The van der Waals surface area contributed by atoms with Crippen LogP contribution in [0, 0.1) is 0 Å². The van der Waals surface area contributed by atoms with E-state index in [0.29, 0.717) is 6.54 Å². The van der Waals surface area contributed by atoms with Crippen LogP contribution in [0.1, 0.15) is 13.8 Å². The molecule has 0 aliphatic carbocycles. The smallest absolute Gasteiger partial charge is 0.253 e. The zero-order valence-electron chi connectivity index (χ0n) is 12.5. The van der Waals surface area contributed by atoms with Gasteiger partial charge in [0.2, 0.25) is 0 Å². The zero-order valence-corrected chi connectivity index (χ0v) is 12.5. The van der Waals surface area contributed by atoms with E-state index in [0.717, 1.165) is 35.1 Å². The Bertz CT molecular complexity index is 707. The fourth-order valence-corrected chi connectivity index (χ4v) is 2.74. The van der Waals surface area contributed by atoms with Crippen LogP contribution in [0.2, 0.25) is 0 Å². The summed E-state index contributed by atoms with van der Waals surface area (Å²) in [5, 5.41) is 5.48. The number of rotatable bonds is 3. The Morgan fingerprint density at radius 3 is 2.52 bits per heavy atom. The molecule has 3 heteroatoms. The van der Waals surface area contributed by atoms with Gasteiger partial charge in [0.15, 0.2) is 0 Å². The van der Waals surface area contributed by atoms with Crippen LogP contribution in [0.5, 0.6) is 0 Å². The lowest BCUT2D eigenvalue weighted by molar-refractivity contribution is -0.115. The van der Waals surface area contributed by atoms with Gasteiger partial charge in [-0.05, 0) is 30.9 Å². The van der Waals surface area contributed by atoms with Crippen molar-refractivity contribution < 1.29 is 4.79 Å². The van der Waals surface area contributed by atoms with Crippen molar-refractivity contribution in [3.8, 4) is 0 Å². The van der Waals surface area contributed by atoms with E-state index in [2.05, 4.69) is 23.5 Å². The number of hydrogen-bond acceptors (Lipinski definition) is 2. The highest BCUT2D eigenvalue weighted by Gasteiger charge is 2.22. The molecule has 1 aliphatic rings. The Labute approximate surface area is 125 Å². The van der Waals surface area contributed by atoms with Gasteiger partial charge in [-0.15, -0.1) is 0 Å². The predicted octanol–water partition coefficient (Wildman–Crippen LogP) is 3.11. The monoisotopic (exact) mass is 280 g/mol. The van der Waals surface area contributed by atoms with Gasteiger partial charge in [0.1, 0.15) is 0 Å². The van der Waals surface area contributed by atoms with E-state index >= 15 is 0 Å². The van der Waals surface area contributed by atoms with E-state index < -0.39 is 0 Å². The number of fused-ring (bicyclic) bond motifs is 1. The van der Waals surface area contributed by atoms with Crippen molar-refractivity contribution in [3.63, 3.8) is 0 Å². The summed E-state index contributed by atoms with van der Waals surface area (Å²) in [6, 6.07) is 14.3. The highest BCUT2D eigenvalue weighted by Crippen LogP contribution is 2.28. The van der Waals surface area contributed by atoms with E-state index in [-0.39, 0.29) is 5.91 Å². The maximum absolute atomic E-state index is 12.8. The summed E-state index contributed by atoms with van der Waals surface area (Å²) < 4.78 is 0. The molecule has 0 spiro atoms. The lowest BCUT2D eigenvalue weighted by Gasteiger charge is -2.27. The highest BCUT2D eigenvalue weighted by molar-refractivity contribution is 6.10. The third-order valence-corrected chi connectivity index (χ3v) is 4.15. The van der Waals surface area contributed by atoms with Gasteiger partial charge in [0.05, 0.1) is 5.69 Å². The summed E-state index contributed by atoms with van der Waals surface area (Å²) in [5.41, 5.74) is 3.09. The van der Waals surface area contributed by atoms with Crippen LogP contribution in [0.3, 0.4) is 0 Å². The van der Waals surface area contributed by atoms with Crippen LogP contribution in [-0.4, -0.2) is 25.5 Å². The Balaban J connectivity index is 2.04. The summed E-state index contributed by atoms with van der Waals surface area (Å²) >= 11 is 0. The van der Waals surface area contributed by atoms with Crippen molar-refractivity contribution in [2.75, 3.05) is 24.5 Å². The van der Waals surface area contributed by atoms with Crippen LogP contribution in [0.25, 0.3) is 10.8 Å². The number of likely N-dealkylation sites (N-methyl/N-ethyl adjacent to an activating group) is 1. The molecule has 0 saturated carbocycles. The Morgan fingerprint density at radius 1 is 1.14 bits per heavy atom. The highest BCUT2D eigenvalue weighted by atomic mass is 16.2. The fourth-order valence-electron chi connectivity index (χ4n) is 2.74. The first-order valence-corrected chi connectivity index (χ1v) is 7.41. The SMILES string of the molecule is CCN(C(=O)C(C)=C1CNC1)c1cccc2ccccc12. The molecule has 2 aromatic rings. The molecule has 1 fully saturated rings. The molecule has 3 nitrogen and oxygen atoms in total. The van der Waals surface area contributed by atoms with Crippen LogP contribution < -0.4 is 10.2 Å². The summed E-state index contributed by atoms with van der Waals surface area (Å²) in [5.74, 6) is 0.116. The Morgan fingerprint density at radius 2 is 1.86 bits per heavy atom. The number of carbonyl (C=O) groups is 1. The van der Waals surface area contributed by atoms with Gasteiger partial charge in [-0.1, -0.05) is 36.4 Å². The molecular formula is C18H20N2O. The van der Waals surface area contributed by atoms with Gasteiger partial charge in [-0.25, -0.2) is 0 Å². The van der Waals surface area contributed by atoms with E-state index in [1.54, 1.807) is 0 Å². The predicted molar refractivity (Wildman–Crippen MR) is 87.5 cm³/mol.